The molecule has 1 atom stereocenters. The first-order chi connectivity index (χ1) is 8.52. The normalized spacial score (nSPS) is 12.7. The minimum Gasteiger partial charge on any atom is -0.334 e. The Balaban J connectivity index is 2.46. The van der Waals surface area contributed by atoms with Gasteiger partial charge in [-0.3, -0.25) is 0 Å². The van der Waals surface area contributed by atoms with Crippen LogP contribution >= 0.6 is 0 Å². The van der Waals surface area contributed by atoms with Crippen LogP contribution < -0.4 is 5.73 Å². The Bertz CT molecular complexity index is 537. The lowest BCUT2D eigenvalue weighted by Gasteiger charge is -2.06. The molecule has 0 saturated carbocycles. The third-order valence-electron chi connectivity index (χ3n) is 3.10. The highest BCUT2D eigenvalue weighted by Gasteiger charge is 2.16. The average Bonchev–Trinajstić information content (AvgIpc) is 2.76. The molecule has 2 rings (SSSR count). The van der Waals surface area contributed by atoms with Crippen LogP contribution in [0.5, 0.6) is 0 Å². The molecule has 2 N–H and O–H groups in total. The lowest BCUT2D eigenvalue weighted by Crippen LogP contribution is -2.10. The van der Waals surface area contributed by atoms with Gasteiger partial charge in [0, 0.05) is 5.56 Å². The number of benzene rings is 1. The molecule has 4 nitrogen and oxygen atoms in total. The van der Waals surface area contributed by atoms with E-state index < -0.39 is 0 Å². The van der Waals surface area contributed by atoms with Gasteiger partial charge < -0.3 is 10.3 Å². The van der Waals surface area contributed by atoms with E-state index in [2.05, 4.69) is 43.0 Å². The van der Waals surface area contributed by atoms with Crippen molar-refractivity contribution in [3.63, 3.8) is 0 Å². The highest BCUT2D eigenvalue weighted by atomic mass is 16.5. The highest BCUT2D eigenvalue weighted by Crippen LogP contribution is 2.27. The maximum absolute atomic E-state index is 5.90. The topological polar surface area (TPSA) is 64.9 Å². The molecule has 1 aromatic carbocycles. The van der Waals surface area contributed by atoms with Gasteiger partial charge in [-0.25, -0.2) is 0 Å². The molecular weight excluding hydrogens is 226 g/mol. The fourth-order valence-corrected chi connectivity index (χ4v) is 2.19. The predicted octanol–water partition coefficient (Wildman–Crippen LogP) is 3.07. The number of aryl methyl sites for hydroxylation is 3. The molecule has 0 spiro atoms. The molecule has 0 aliphatic heterocycles. The fourth-order valence-electron chi connectivity index (χ4n) is 2.19. The second-order valence-corrected chi connectivity index (χ2v) is 4.75. The summed E-state index contributed by atoms with van der Waals surface area (Å²) in [5.74, 6) is 1.13. The van der Waals surface area contributed by atoms with Gasteiger partial charge in [0.1, 0.15) is 0 Å². The molecule has 0 radical (unpaired) electrons. The Morgan fingerprint density at radius 3 is 2.39 bits per heavy atom. The lowest BCUT2D eigenvalue weighted by molar-refractivity contribution is 0.414. The molecule has 0 saturated heterocycles. The first-order valence-electron chi connectivity index (χ1n) is 6.20. The second kappa shape index (κ2) is 4.90. The lowest BCUT2D eigenvalue weighted by atomic mass is 10.00. The monoisotopic (exact) mass is 245 g/mol. The highest BCUT2D eigenvalue weighted by molar-refractivity contribution is 5.63. The maximum Gasteiger partial charge on any atom is 0.258 e. The van der Waals surface area contributed by atoms with Crippen LogP contribution in [0.3, 0.4) is 0 Å². The van der Waals surface area contributed by atoms with Gasteiger partial charge in [-0.15, -0.1) is 0 Å². The van der Waals surface area contributed by atoms with Crippen molar-refractivity contribution in [2.24, 2.45) is 5.73 Å². The quantitative estimate of drug-likeness (QED) is 0.902. The Labute approximate surface area is 107 Å². The summed E-state index contributed by atoms with van der Waals surface area (Å²) < 4.78 is 5.33. The van der Waals surface area contributed by atoms with Crippen molar-refractivity contribution in [1.82, 2.24) is 10.1 Å². The Morgan fingerprint density at radius 1 is 1.22 bits per heavy atom. The van der Waals surface area contributed by atoms with Crippen molar-refractivity contribution in [3.8, 4) is 11.5 Å². The van der Waals surface area contributed by atoms with Crippen LogP contribution in [0.25, 0.3) is 11.5 Å². The van der Waals surface area contributed by atoms with Crippen LogP contribution in [0, 0.1) is 20.8 Å². The third-order valence-corrected chi connectivity index (χ3v) is 3.10. The van der Waals surface area contributed by atoms with Gasteiger partial charge in [-0.1, -0.05) is 29.8 Å². The first kappa shape index (κ1) is 12.8. The van der Waals surface area contributed by atoms with E-state index >= 15 is 0 Å². The van der Waals surface area contributed by atoms with Gasteiger partial charge >= 0.3 is 0 Å². The number of hydrogen-bond acceptors (Lipinski definition) is 4. The summed E-state index contributed by atoms with van der Waals surface area (Å²) in [6.45, 7) is 8.19. The largest absolute Gasteiger partial charge is 0.334 e. The van der Waals surface area contributed by atoms with E-state index in [0.717, 1.165) is 23.1 Å². The Hall–Kier alpha value is -1.68. The van der Waals surface area contributed by atoms with Gasteiger partial charge in [0.2, 0.25) is 0 Å². The summed E-state index contributed by atoms with van der Waals surface area (Å²) in [4.78, 5) is 4.40. The van der Waals surface area contributed by atoms with Gasteiger partial charge in [0.05, 0.1) is 6.04 Å². The summed E-state index contributed by atoms with van der Waals surface area (Å²) in [5.41, 5.74) is 10.4. The van der Waals surface area contributed by atoms with E-state index in [1.807, 2.05) is 6.92 Å². The minimum atomic E-state index is -0.159. The Kier molecular flexibility index (Phi) is 3.48. The summed E-state index contributed by atoms with van der Waals surface area (Å²) in [6, 6.07) is 4.08. The van der Waals surface area contributed by atoms with Crippen molar-refractivity contribution < 1.29 is 4.52 Å². The van der Waals surface area contributed by atoms with E-state index in [1.54, 1.807) is 0 Å². The molecule has 96 valence electrons. The zero-order chi connectivity index (χ0) is 13.3. The summed E-state index contributed by atoms with van der Waals surface area (Å²) in [7, 11) is 0. The van der Waals surface area contributed by atoms with E-state index in [1.165, 1.54) is 5.56 Å². The first-order valence-corrected chi connectivity index (χ1v) is 6.20. The molecule has 0 bridgehead atoms. The second-order valence-electron chi connectivity index (χ2n) is 4.75. The van der Waals surface area contributed by atoms with Crippen molar-refractivity contribution in [3.05, 3.63) is 34.6 Å². The molecule has 4 heteroatoms. The van der Waals surface area contributed by atoms with Crippen molar-refractivity contribution >= 4 is 0 Å². The number of nitrogens with two attached hydrogens (primary N) is 1. The standard InChI is InChI=1S/C14H19N3O/c1-5-11(15)13-16-14(18-17-13)12-9(3)6-8(2)7-10(12)4/h6-7,11H,5,15H2,1-4H3. The molecule has 0 aliphatic carbocycles. The van der Waals surface area contributed by atoms with Gasteiger partial charge in [0.15, 0.2) is 5.82 Å². The van der Waals surface area contributed by atoms with E-state index in [-0.39, 0.29) is 6.04 Å². The van der Waals surface area contributed by atoms with Crippen molar-refractivity contribution in [2.75, 3.05) is 0 Å². The van der Waals surface area contributed by atoms with E-state index in [4.69, 9.17) is 10.3 Å². The van der Waals surface area contributed by atoms with Crippen molar-refractivity contribution in [2.45, 2.75) is 40.2 Å². The van der Waals surface area contributed by atoms with Gasteiger partial charge in [-0.05, 0) is 38.3 Å². The van der Waals surface area contributed by atoms with E-state index in [9.17, 15) is 0 Å². The molecule has 0 amide bonds. The van der Waals surface area contributed by atoms with Crippen LogP contribution in [0.1, 0.15) is 41.9 Å². The molecule has 1 unspecified atom stereocenters. The average molecular weight is 245 g/mol. The number of rotatable bonds is 3. The van der Waals surface area contributed by atoms with Crippen molar-refractivity contribution in [1.29, 1.82) is 0 Å². The zero-order valence-corrected chi connectivity index (χ0v) is 11.3. The SMILES string of the molecule is CCC(N)c1noc(-c2c(C)cc(C)cc2C)n1. The van der Waals surface area contributed by atoms with Crippen LogP contribution in [0.4, 0.5) is 0 Å². The molecule has 1 heterocycles. The van der Waals surface area contributed by atoms with E-state index in [0.29, 0.717) is 11.7 Å². The predicted molar refractivity (Wildman–Crippen MR) is 71.2 cm³/mol. The molecular formula is C14H19N3O. The van der Waals surface area contributed by atoms with Crippen LogP contribution in [0.2, 0.25) is 0 Å². The smallest absolute Gasteiger partial charge is 0.258 e. The molecule has 2 aromatic rings. The number of hydrogen-bond donors (Lipinski definition) is 1. The maximum atomic E-state index is 5.90. The van der Waals surface area contributed by atoms with Gasteiger partial charge in [0.25, 0.3) is 5.89 Å². The Morgan fingerprint density at radius 2 is 1.83 bits per heavy atom. The number of aromatic nitrogens is 2. The van der Waals surface area contributed by atoms with Crippen LogP contribution in [0.15, 0.2) is 16.7 Å². The molecule has 0 fully saturated rings. The molecule has 0 aliphatic rings. The van der Waals surface area contributed by atoms with Crippen LogP contribution in [-0.4, -0.2) is 10.1 Å². The summed E-state index contributed by atoms with van der Waals surface area (Å²) >= 11 is 0. The van der Waals surface area contributed by atoms with Crippen LogP contribution in [-0.2, 0) is 0 Å². The fraction of sp³-hybridized carbons (Fsp3) is 0.429. The third kappa shape index (κ3) is 2.29. The summed E-state index contributed by atoms with van der Waals surface area (Å²) in [5, 5.41) is 3.96. The molecule has 1 aromatic heterocycles. The zero-order valence-electron chi connectivity index (χ0n) is 11.3. The minimum absolute atomic E-state index is 0.159. The summed E-state index contributed by atoms with van der Waals surface area (Å²) in [6.07, 6.45) is 0.796. The number of nitrogens with zero attached hydrogens (tertiary/aromatic N) is 2. The van der Waals surface area contributed by atoms with Gasteiger partial charge in [-0.2, -0.15) is 4.98 Å². The molecule has 18 heavy (non-hydrogen) atoms.